The second-order valence-corrected chi connectivity index (χ2v) is 11.5. The Morgan fingerprint density at radius 1 is 1.10 bits per heavy atom. The molecule has 1 atom stereocenters. The predicted octanol–water partition coefficient (Wildman–Crippen LogP) is 1.11. The third-order valence-corrected chi connectivity index (χ3v) is 9.80. The maximum Gasteiger partial charge on any atom is 0.272 e. The number of benzene rings is 1. The lowest BCUT2D eigenvalue weighted by Crippen LogP contribution is -2.69. The van der Waals surface area contributed by atoms with Crippen LogP contribution in [-0.4, -0.2) is 97.4 Å². The minimum Gasteiger partial charge on any atom is -0.334 e. The summed E-state index contributed by atoms with van der Waals surface area (Å²) in [5, 5.41) is 0.986. The molecule has 0 aliphatic carbocycles. The number of carbonyl (C=O) groups is 1. The van der Waals surface area contributed by atoms with Crippen molar-refractivity contribution in [3.8, 4) is 0 Å². The highest BCUT2D eigenvalue weighted by molar-refractivity contribution is 7.93. The van der Waals surface area contributed by atoms with Gasteiger partial charge in [0, 0.05) is 51.2 Å². The van der Waals surface area contributed by atoms with Crippen molar-refractivity contribution in [1.29, 1.82) is 0 Å². The van der Waals surface area contributed by atoms with Crippen molar-refractivity contribution in [2.45, 2.75) is 11.2 Å². The fraction of sp³-hybridized carbons (Fsp3) is 0.545. The van der Waals surface area contributed by atoms with Crippen LogP contribution in [0.25, 0.3) is 10.9 Å². The van der Waals surface area contributed by atoms with E-state index in [-0.39, 0.29) is 17.6 Å². The summed E-state index contributed by atoms with van der Waals surface area (Å²) in [7, 11) is -1.08. The van der Waals surface area contributed by atoms with E-state index in [1.165, 1.54) is 0 Å². The predicted molar refractivity (Wildman–Crippen MR) is 116 cm³/mol. The highest BCUT2D eigenvalue weighted by Crippen LogP contribution is 2.45. The second kappa shape index (κ2) is 7.28. The van der Waals surface area contributed by atoms with E-state index >= 15 is 0 Å². The van der Waals surface area contributed by atoms with E-state index in [1.807, 2.05) is 30.3 Å². The Labute approximate surface area is 177 Å². The molecule has 5 rings (SSSR count). The molecule has 0 radical (unpaired) electrons. The smallest absolute Gasteiger partial charge is 0.272 e. The average Bonchev–Trinajstić information content (AvgIpc) is 2.98. The summed E-state index contributed by atoms with van der Waals surface area (Å²) in [6, 6.07) is 11.3. The summed E-state index contributed by atoms with van der Waals surface area (Å²) in [5.74, 6) is 0.160. The standard InChI is InChI=1S/C22H28N4O3S/c1-24-9-11-25(12-10-24)14-18-8-13-30(28,29)22(18)15-26(16-22)21(27)20-7-6-17-4-2-3-5-19(17)23-20/h2-7,18H,8-16H2,1H3. The number of pyridine rings is 1. The lowest BCUT2D eigenvalue weighted by Gasteiger charge is -2.50. The van der Waals surface area contributed by atoms with Gasteiger partial charge in [-0.15, -0.1) is 0 Å². The van der Waals surface area contributed by atoms with E-state index in [1.54, 1.807) is 11.0 Å². The Kier molecular flexibility index (Phi) is 4.83. The van der Waals surface area contributed by atoms with E-state index in [0.29, 0.717) is 25.2 Å². The summed E-state index contributed by atoms with van der Waals surface area (Å²) in [5.41, 5.74) is 1.16. The molecule has 7 nitrogen and oxygen atoms in total. The van der Waals surface area contributed by atoms with Gasteiger partial charge in [-0.3, -0.25) is 4.79 Å². The third-order valence-electron chi connectivity index (χ3n) is 7.19. The molecule has 3 saturated heterocycles. The fourth-order valence-electron chi connectivity index (χ4n) is 5.16. The maximum atomic E-state index is 13.0. The zero-order valence-corrected chi connectivity index (χ0v) is 18.1. The SMILES string of the molecule is CN1CCN(CC2CCS(=O)(=O)C23CN(C(=O)c2ccc4ccccc4n2)C3)CC1. The monoisotopic (exact) mass is 428 g/mol. The van der Waals surface area contributed by atoms with Gasteiger partial charge in [-0.2, -0.15) is 0 Å². The Morgan fingerprint density at radius 2 is 1.83 bits per heavy atom. The molecule has 3 aliphatic heterocycles. The minimum absolute atomic E-state index is 0.0968. The van der Waals surface area contributed by atoms with Crippen LogP contribution in [0.3, 0.4) is 0 Å². The van der Waals surface area contributed by atoms with E-state index < -0.39 is 14.6 Å². The lowest BCUT2D eigenvalue weighted by molar-refractivity contribution is 0.0386. The first-order valence-corrected chi connectivity index (χ1v) is 12.3. The number of aromatic nitrogens is 1. The summed E-state index contributed by atoms with van der Waals surface area (Å²) < 4.78 is 25.2. The van der Waals surface area contributed by atoms with Gasteiger partial charge >= 0.3 is 0 Å². The molecule has 1 spiro atoms. The van der Waals surface area contributed by atoms with Crippen LogP contribution >= 0.6 is 0 Å². The van der Waals surface area contributed by atoms with Crippen LogP contribution in [0.4, 0.5) is 0 Å². The summed E-state index contributed by atoms with van der Waals surface area (Å²) in [6.07, 6.45) is 0.699. The topological polar surface area (TPSA) is 73.8 Å². The molecule has 30 heavy (non-hydrogen) atoms. The number of piperazine rings is 1. The van der Waals surface area contributed by atoms with Crippen LogP contribution in [0.1, 0.15) is 16.9 Å². The molecule has 3 aliphatic rings. The minimum atomic E-state index is -3.20. The number of hydrogen-bond acceptors (Lipinski definition) is 6. The van der Waals surface area contributed by atoms with Crippen LogP contribution in [0, 0.1) is 5.92 Å². The zero-order chi connectivity index (χ0) is 20.9. The molecule has 0 bridgehead atoms. The summed E-state index contributed by atoms with van der Waals surface area (Å²) in [4.78, 5) is 23.9. The second-order valence-electron chi connectivity index (χ2n) is 9.02. The van der Waals surface area contributed by atoms with Gasteiger partial charge in [0.25, 0.3) is 5.91 Å². The first-order chi connectivity index (χ1) is 14.4. The molecule has 160 valence electrons. The van der Waals surface area contributed by atoms with Crippen LogP contribution < -0.4 is 0 Å². The molecule has 4 heterocycles. The highest BCUT2D eigenvalue weighted by Gasteiger charge is 2.62. The Hall–Kier alpha value is -2.03. The zero-order valence-electron chi connectivity index (χ0n) is 17.3. The van der Waals surface area contributed by atoms with Crippen LogP contribution in [0.2, 0.25) is 0 Å². The summed E-state index contributed by atoms with van der Waals surface area (Å²) in [6.45, 7) is 5.39. The number of sulfone groups is 1. The maximum absolute atomic E-state index is 13.0. The lowest BCUT2D eigenvalue weighted by atomic mass is 9.82. The molecule has 8 heteroatoms. The molecule has 3 fully saturated rings. The molecule has 1 amide bonds. The van der Waals surface area contributed by atoms with Crippen LogP contribution in [0.5, 0.6) is 0 Å². The van der Waals surface area contributed by atoms with Gasteiger partial charge in [-0.05, 0) is 31.5 Å². The highest BCUT2D eigenvalue weighted by atomic mass is 32.2. The number of para-hydroxylation sites is 1. The van der Waals surface area contributed by atoms with Crippen molar-refractivity contribution in [3.63, 3.8) is 0 Å². The Morgan fingerprint density at radius 3 is 2.60 bits per heavy atom. The van der Waals surface area contributed by atoms with Crippen molar-refractivity contribution in [2.75, 3.05) is 58.6 Å². The molecule has 1 aromatic carbocycles. The van der Waals surface area contributed by atoms with Gasteiger partial charge in [0.15, 0.2) is 9.84 Å². The van der Waals surface area contributed by atoms with E-state index in [9.17, 15) is 13.2 Å². The molecule has 1 unspecified atom stereocenters. The van der Waals surface area contributed by atoms with Gasteiger partial charge in [0.05, 0.1) is 11.3 Å². The molecule has 2 aromatic rings. The van der Waals surface area contributed by atoms with Gasteiger partial charge < -0.3 is 14.7 Å². The number of rotatable bonds is 3. The Balaban J connectivity index is 1.31. The van der Waals surface area contributed by atoms with Crippen LogP contribution in [-0.2, 0) is 9.84 Å². The molecule has 0 N–H and O–H groups in total. The molecule has 1 aromatic heterocycles. The fourth-order valence-corrected chi connectivity index (χ4v) is 7.57. The number of hydrogen-bond donors (Lipinski definition) is 0. The molecular weight excluding hydrogens is 400 g/mol. The Bertz CT molecular complexity index is 1070. The largest absolute Gasteiger partial charge is 0.334 e. The van der Waals surface area contributed by atoms with Gasteiger partial charge in [0.2, 0.25) is 0 Å². The quantitative estimate of drug-likeness (QED) is 0.729. The van der Waals surface area contributed by atoms with Crippen molar-refractivity contribution in [3.05, 3.63) is 42.1 Å². The van der Waals surface area contributed by atoms with Crippen molar-refractivity contribution >= 4 is 26.6 Å². The van der Waals surface area contributed by atoms with Gasteiger partial charge in [-0.1, -0.05) is 24.3 Å². The number of likely N-dealkylation sites (N-methyl/N-ethyl adjacent to an activating group) is 1. The molecular formula is C22H28N4O3S. The van der Waals surface area contributed by atoms with E-state index in [4.69, 9.17) is 0 Å². The number of likely N-dealkylation sites (tertiary alicyclic amines) is 1. The number of amides is 1. The first kappa shape index (κ1) is 19.9. The van der Waals surface area contributed by atoms with Crippen molar-refractivity contribution in [2.24, 2.45) is 5.92 Å². The third kappa shape index (κ3) is 3.21. The normalized spacial score (nSPS) is 26.2. The number of fused-ring (bicyclic) bond motifs is 1. The van der Waals surface area contributed by atoms with Gasteiger partial charge in [-0.25, -0.2) is 13.4 Å². The van der Waals surface area contributed by atoms with Gasteiger partial charge in [0.1, 0.15) is 10.4 Å². The summed E-state index contributed by atoms with van der Waals surface area (Å²) >= 11 is 0. The van der Waals surface area contributed by atoms with Crippen molar-refractivity contribution in [1.82, 2.24) is 19.7 Å². The van der Waals surface area contributed by atoms with Crippen LogP contribution in [0.15, 0.2) is 36.4 Å². The molecule has 0 saturated carbocycles. The average molecular weight is 429 g/mol. The van der Waals surface area contributed by atoms with E-state index in [0.717, 1.165) is 43.6 Å². The van der Waals surface area contributed by atoms with E-state index in [2.05, 4.69) is 21.8 Å². The first-order valence-electron chi connectivity index (χ1n) is 10.7. The van der Waals surface area contributed by atoms with Crippen molar-refractivity contribution < 1.29 is 13.2 Å². The number of nitrogens with zero attached hydrogens (tertiary/aromatic N) is 4. The number of carbonyl (C=O) groups excluding carboxylic acids is 1.